The number of aryl methyl sites for hydroxylation is 1. The largest absolute Gasteiger partial charge is 0.396 e. The van der Waals surface area contributed by atoms with Crippen LogP contribution in [0.3, 0.4) is 0 Å². The van der Waals surface area contributed by atoms with Crippen molar-refractivity contribution < 1.29 is 9.90 Å². The number of aliphatic hydroxyl groups excluding tert-OH is 1. The summed E-state index contributed by atoms with van der Waals surface area (Å²) < 4.78 is 0. The zero-order chi connectivity index (χ0) is 19.0. The molecule has 0 radical (unpaired) electrons. The van der Waals surface area contributed by atoms with E-state index in [0.717, 1.165) is 48.8 Å². The second kappa shape index (κ2) is 7.15. The van der Waals surface area contributed by atoms with Gasteiger partial charge in [0, 0.05) is 32.4 Å². The van der Waals surface area contributed by atoms with Crippen LogP contribution in [0.5, 0.6) is 0 Å². The number of piperidine rings is 1. The third kappa shape index (κ3) is 3.12. The van der Waals surface area contributed by atoms with Crippen LogP contribution >= 0.6 is 0 Å². The lowest BCUT2D eigenvalue weighted by atomic mass is 9.99. The van der Waals surface area contributed by atoms with E-state index in [-0.39, 0.29) is 18.4 Å². The molecule has 142 valence electrons. The van der Waals surface area contributed by atoms with Gasteiger partial charge in [-0.15, -0.1) is 0 Å². The summed E-state index contributed by atoms with van der Waals surface area (Å²) in [7, 11) is 0. The van der Waals surface area contributed by atoms with E-state index in [0.29, 0.717) is 17.9 Å². The van der Waals surface area contributed by atoms with Crippen molar-refractivity contribution in [3.05, 3.63) is 35.5 Å². The molecule has 1 unspecified atom stereocenters. The number of anilines is 4. The van der Waals surface area contributed by atoms with Crippen LogP contribution in [-0.4, -0.2) is 47.2 Å². The number of fused-ring (bicyclic) bond motifs is 2. The molecule has 2 N–H and O–H groups in total. The van der Waals surface area contributed by atoms with E-state index in [1.165, 1.54) is 0 Å². The minimum absolute atomic E-state index is 0.161. The highest BCUT2D eigenvalue weighted by Gasteiger charge is 2.29. The average molecular weight is 367 g/mol. The summed E-state index contributed by atoms with van der Waals surface area (Å²) in [4.78, 5) is 26.3. The fraction of sp³-hybridized carbons (Fsp3) is 0.450. The number of aromatic nitrogens is 2. The molecule has 2 aromatic heterocycles. The Hall–Kier alpha value is -2.67. The first kappa shape index (κ1) is 17.7. The average Bonchev–Trinajstić information content (AvgIpc) is 2.82. The third-order valence-electron chi connectivity index (χ3n) is 5.38. The number of carbonyl (C=O) groups excluding carboxylic acids is 1. The van der Waals surface area contributed by atoms with Crippen LogP contribution in [-0.2, 0) is 0 Å². The van der Waals surface area contributed by atoms with Crippen LogP contribution in [0.4, 0.5) is 23.1 Å². The van der Waals surface area contributed by atoms with Crippen molar-refractivity contribution in [3.8, 4) is 0 Å². The number of carbonyl (C=O) groups is 1. The molecule has 0 aliphatic carbocycles. The lowest BCUT2D eigenvalue weighted by Gasteiger charge is -2.34. The first-order valence-corrected chi connectivity index (χ1v) is 9.53. The number of amides is 1. The molecule has 0 saturated carbocycles. The van der Waals surface area contributed by atoms with Crippen LogP contribution in [0.25, 0.3) is 0 Å². The number of rotatable bonds is 3. The molecule has 7 heteroatoms. The van der Waals surface area contributed by atoms with Gasteiger partial charge in [-0.05, 0) is 56.4 Å². The molecule has 1 atom stereocenters. The van der Waals surface area contributed by atoms with Crippen LogP contribution in [0, 0.1) is 12.8 Å². The van der Waals surface area contributed by atoms with Gasteiger partial charge in [0.15, 0.2) is 5.82 Å². The van der Waals surface area contributed by atoms with Gasteiger partial charge in [-0.1, -0.05) is 0 Å². The van der Waals surface area contributed by atoms with Crippen molar-refractivity contribution in [1.29, 1.82) is 0 Å². The predicted molar refractivity (Wildman–Crippen MR) is 106 cm³/mol. The Kier molecular flexibility index (Phi) is 4.70. The summed E-state index contributed by atoms with van der Waals surface area (Å²) in [6, 6.07) is 5.59. The molecule has 1 fully saturated rings. The van der Waals surface area contributed by atoms with Gasteiger partial charge in [-0.2, -0.15) is 0 Å². The second-order valence-corrected chi connectivity index (χ2v) is 7.21. The molecule has 4 heterocycles. The minimum Gasteiger partial charge on any atom is -0.396 e. The lowest BCUT2D eigenvalue weighted by molar-refractivity contribution is 0.102. The summed E-state index contributed by atoms with van der Waals surface area (Å²) in [5, 5.41) is 12.6. The van der Waals surface area contributed by atoms with E-state index in [1.54, 1.807) is 18.3 Å². The number of nitrogens with one attached hydrogen (secondary N) is 1. The fourth-order valence-corrected chi connectivity index (χ4v) is 3.94. The summed E-state index contributed by atoms with van der Waals surface area (Å²) in [5.74, 6) is 2.36. The number of pyridine rings is 2. The van der Waals surface area contributed by atoms with E-state index < -0.39 is 0 Å². The number of hydrogen-bond donors (Lipinski definition) is 2. The first-order valence-electron chi connectivity index (χ1n) is 9.53. The van der Waals surface area contributed by atoms with E-state index in [2.05, 4.69) is 15.2 Å². The molecule has 7 nitrogen and oxygen atoms in total. The molecule has 0 bridgehead atoms. The predicted octanol–water partition coefficient (Wildman–Crippen LogP) is 2.72. The molecule has 0 aromatic carbocycles. The molecular formula is C20H25N5O2. The van der Waals surface area contributed by atoms with Gasteiger partial charge in [-0.3, -0.25) is 4.79 Å². The van der Waals surface area contributed by atoms with E-state index in [1.807, 2.05) is 24.8 Å². The zero-order valence-electron chi connectivity index (χ0n) is 15.8. The fourth-order valence-electron chi connectivity index (χ4n) is 3.94. The standard InChI is InChI=1S/C20H25N5O2/c1-3-25-18-15(7-4-8-21-18)20(27)23-17-13(2)10-16(22-19(17)25)24-9-5-6-14(11-24)12-26/h4,7-8,10,14,26H,3,5-6,9,11-12H2,1-2H3,(H,23,27). The minimum atomic E-state index is -0.161. The van der Waals surface area contributed by atoms with Crippen LogP contribution < -0.4 is 15.1 Å². The Morgan fingerprint density at radius 1 is 1.37 bits per heavy atom. The number of nitrogens with zero attached hydrogens (tertiary/aromatic N) is 4. The van der Waals surface area contributed by atoms with Crippen molar-refractivity contribution >= 4 is 29.0 Å². The highest BCUT2D eigenvalue weighted by molar-refractivity contribution is 6.11. The van der Waals surface area contributed by atoms with Crippen LogP contribution in [0.15, 0.2) is 24.4 Å². The van der Waals surface area contributed by atoms with Crippen molar-refractivity contribution in [3.63, 3.8) is 0 Å². The lowest BCUT2D eigenvalue weighted by Crippen LogP contribution is -2.37. The summed E-state index contributed by atoms with van der Waals surface area (Å²) >= 11 is 0. The monoisotopic (exact) mass is 367 g/mol. The maximum Gasteiger partial charge on any atom is 0.259 e. The number of aliphatic hydroxyl groups is 1. The van der Waals surface area contributed by atoms with E-state index in [9.17, 15) is 9.90 Å². The molecule has 4 rings (SSSR count). The molecule has 2 aromatic rings. The van der Waals surface area contributed by atoms with Crippen LogP contribution in [0.2, 0.25) is 0 Å². The molecular weight excluding hydrogens is 342 g/mol. The topological polar surface area (TPSA) is 81.6 Å². The van der Waals surface area contributed by atoms with Gasteiger partial charge < -0.3 is 20.2 Å². The highest BCUT2D eigenvalue weighted by Crippen LogP contribution is 2.39. The summed E-state index contributed by atoms with van der Waals surface area (Å²) in [6.07, 6.45) is 3.79. The Morgan fingerprint density at radius 2 is 2.22 bits per heavy atom. The van der Waals surface area contributed by atoms with Gasteiger partial charge in [0.1, 0.15) is 11.6 Å². The highest BCUT2D eigenvalue weighted by atomic mass is 16.3. The smallest absolute Gasteiger partial charge is 0.259 e. The summed E-state index contributed by atoms with van der Waals surface area (Å²) in [5.41, 5.74) is 2.26. The van der Waals surface area contributed by atoms with Gasteiger partial charge in [0.25, 0.3) is 5.91 Å². The third-order valence-corrected chi connectivity index (χ3v) is 5.38. The van der Waals surface area contributed by atoms with Gasteiger partial charge in [0.05, 0.1) is 11.3 Å². The zero-order valence-corrected chi connectivity index (χ0v) is 15.8. The van der Waals surface area contributed by atoms with E-state index in [4.69, 9.17) is 4.98 Å². The van der Waals surface area contributed by atoms with Crippen molar-refractivity contribution in [2.75, 3.05) is 41.4 Å². The Bertz CT molecular complexity index is 869. The maximum atomic E-state index is 12.7. The van der Waals surface area contributed by atoms with Crippen molar-refractivity contribution in [2.45, 2.75) is 26.7 Å². The van der Waals surface area contributed by atoms with Gasteiger partial charge in [0.2, 0.25) is 0 Å². The summed E-state index contributed by atoms with van der Waals surface area (Å²) in [6.45, 7) is 6.61. The second-order valence-electron chi connectivity index (χ2n) is 7.21. The van der Waals surface area contributed by atoms with Crippen molar-refractivity contribution in [1.82, 2.24) is 9.97 Å². The molecule has 1 saturated heterocycles. The Balaban J connectivity index is 1.81. The van der Waals surface area contributed by atoms with E-state index >= 15 is 0 Å². The Labute approximate surface area is 159 Å². The SMILES string of the molecule is CCN1c2ncccc2C(=O)Nc2c(C)cc(N3CCCC(CO)C3)nc21. The Morgan fingerprint density at radius 3 is 3.00 bits per heavy atom. The molecule has 2 aliphatic rings. The van der Waals surface area contributed by atoms with Gasteiger partial charge in [-0.25, -0.2) is 9.97 Å². The molecule has 0 spiro atoms. The molecule has 2 aliphatic heterocycles. The molecule has 1 amide bonds. The maximum absolute atomic E-state index is 12.7. The molecule has 27 heavy (non-hydrogen) atoms. The quantitative estimate of drug-likeness (QED) is 0.868. The normalized spacial score (nSPS) is 19.2. The van der Waals surface area contributed by atoms with Crippen LogP contribution in [0.1, 0.15) is 35.7 Å². The number of hydrogen-bond acceptors (Lipinski definition) is 6. The van der Waals surface area contributed by atoms with Gasteiger partial charge >= 0.3 is 0 Å². The van der Waals surface area contributed by atoms with Crippen molar-refractivity contribution in [2.24, 2.45) is 5.92 Å². The first-order chi connectivity index (χ1) is 13.1.